The van der Waals surface area contributed by atoms with Crippen LogP contribution in [-0.4, -0.2) is 45.5 Å². The van der Waals surface area contributed by atoms with Crippen molar-refractivity contribution >= 4 is 45.2 Å². The Hall–Kier alpha value is -4.11. The molecule has 0 fully saturated rings. The van der Waals surface area contributed by atoms with E-state index in [1.165, 1.54) is 33.1 Å². The second-order valence-corrected chi connectivity index (χ2v) is 12.8. The number of esters is 2. The van der Waals surface area contributed by atoms with Gasteiger partial charge >= 0.3 is 11.9 Å². The Morgan fingerprint density at radius 3 is 2.14 bits per heavy atom. The predicted molar refractivity (Wildman–Crippen MR) is 167 cm³/mol. The van der Waals surface area contributed by atoms with Crippen LogP contribution < -0.4 is 18.9 Å². The van der Waals surface area contributed by atoms with Gasteiger partial charge in [-0.15, -0.1) is 11.8 Å². The van der Waals surface area contributed by atoms with Gasteiger partial charge in [0, 0.05) is 26.7 Å². The molecule has 0 heterocycles. The van der Waals surface area contributed by atoms with E-state index in [1.807, 2.05) is 42.5 Å². The smallest absolute Gasteiger partial charge is 0.316 e. The fraction of sp³-hybridized carbons (Fsp3) is 0.353. The maximum absolute atomic E-state index is 13.5. The number of carbonyl (C=O) groups is 2. The second kappa shape index (κ2) is 11.9. The molecule has 0 amide bonds. The van der Waals surface area contributed by atoms with Crippen LogP contribution in [0.1, 0.15) is 43.6 Å². The van der Waals surface area contributed by atoms with Crippen LogP contribution in [0.3, 0.4) is 0 Å². The molecule has 43 heavy (non-hydrogen) atoms. The summed E-state index contributed by atoms with van der Waals surface area (Å²) in [6.07, 6.45) is 0.604. The Morgan fingerprint density at radius 1 is 0.837 bits per heavy atom. The van der Waals surface area contributed by atoms with Crippen molar-refractivity contribution in [3.63, 3.8) is 0 Å². The summed E-state index contributed by atoms with van der Waals surface area (Å²) in [5.74, 6) is 0.0971. The number of aromatic hydroxyl groups is 1. The molecule has 1 N–H and O–H groups in total. The van der Waals surface area contributed by atoms with Crippen molar-refractivity contribution < 1.29 is 38.4 Å². The molecule has 0 saturated heterocycles. The highest BCUT2D eigenvalue weighted by Gasteiger charge is 2.40. The average Bonchev–Trinajstić information content (AvgIpc) is 3.00. The van der Waals surface area contributed by atoms with Crippen LogP contribution in [0.25, 0.3) is 21.5 Å². The minimum Gasteiger partial charge on any atom is -0.507 e. The first-order chi connectivity index (χ1) is 20.5. The van der Waals surface area contributed by atoms with E-state index in [-0.39, 0.29) is 29.1 Å². The Bertz CT molecular complexity index is 1710. The topological polar surface area (TPSA) is 101 Å². The van der Waals surface area contributed by atoms with Crippen molar-refractivity contribution in [1.82, 2.24) is 0 Å². The number of fused-ring (bicyclic) bond motifs is 3. The summed E-state index contributed by atoms with van der Waals surface area (Å²) in [5, 5.41) is 13.8. The summed E-state index contributed by atoms with van der Waals surface area (Å²) in [7, 11) is 5.98. The lowest BCUT2D eigenvalue weighted by molar-refractivity contribution is -0.145. The number of benzene rings is 4. The Labute approximate surface area is 255 Å². The number of phenols is 1. The van der Waals surface area contributed by atoms with Crippen LogP contribution >= 0.6 is 11.8 Å². The molecule has 0 saturated carbocycles. The molecule has 4 aromatic rings. The van der Waals surface area contributed by atoms with Crippen molar-refractivity contribution in [3.05, 3.63) is 59.7 Å². The Kier molecular flexibility index (Phi) is 8.38. The summed E-state index contributed by atoms with van der Waals surface area (Å²) >= 11 is 1.52. The summed E-state index contributed by atoms with van der Waals surface area (Å²) < 4.78 is 29.2. The average molecular weight is 605 g/mol. The third-order valence-corrected chi connectivity index (χ3v) is 9.04. The summed E-state index contributed by atoms with van der Waals surface area (Å²) in [4.78, 5) is 27.5. The van der Waals surface area contributed by atoms with Gasteiger partial charge in [0.1, 0.15) is 28.7 Å². The SMILES string of the molecule is COC(=O)C1Cc2c(c(O)c3c(OC)c4c(OC)cccc4c(OC)c3c2OC(=O)C(C)(C)C)C(Sc2ccccc2)C1. The molecule has 5 rings (SSSR count). The zero-order valence-corrected chi connectivity index (χ0v) is 26.2. The number of rotatable bonds is 7. The highest BCUT2D eigenvalue weighted by atomic mass is 32.2. The van der Waals surface area contributed by atoms with Crippen LogP contribution in [0.2, 0.25) is 0 Å². The van der Waals surface area contributed by atoms with Crippen LogP contribution in [0.15, 0.2) is 53.4 Å². The maximum atomic E-state index is 13.5. The number of carbonyl (C=O) groups excluding carboxylic acids is 2. The van der Waals surface area contributed by atoms with E-state index in [2.05, 4.69) is 0 Å². The number of hydrogen-bond acceptors (Lipinski definition) is 9. The third kappa shape index (κ3) is 5.31. The molecule has 0 bridgehead atoms. The standard InChI is InChI=1S/C34H36O8S/c1-34(2,3)33(37)42-30-21-16-18(32(36)41-7)17-23(43-19-12-9-8-10-13-19)25(21)28(35)26-27(30)29(39-5)20-14-11-15-22(38-4)24(20)31(26)40-6/h8-15,18,23,35H,16-17H2,1-7H3. The van der Waals surface area contributed by atoms with E-state index < -0.39 is 17.3 Å². The van der Waals surface area contributed by atoms with E-state index in [0.29, 0.717) is 56.3 Å². The van der Waals surface area contributed by atoms with Crippen molar-refractivity contribution in [2.24, 2.45) is 11.3 Å². The zero-order valence-electron chi connectivity index (χ0n) is 25.4. The van der Waals surface area contributed by atoms with Gasteiger partial charge in [-0.2, -0.15) is 0 Å². The number of methoxy groups -OCH3 is 4. The van der Waals surface area contributed by atoms with Gasteiger partial charge in [0.2, 0.25) is 0 Å². The summed E-state index contributed by atoms with van der Waals surface area (Å²) in [5.41, 5.74) is 0.288. The molecular formula is C34H36O8S. The first-order valence-corrected chi connectivity index (χ1v) is 14.9. The highest BCUT2D eigenvalue weighted by Crippen LogP contribution is 2.59. The van der Waals surface area contributed by atoms with Crippen LogP contribution in [-0.2, 0) is 20.7 Å². The van der Waals surface area contributed by atoms with E-state index in [9.17, 15) is 14.7 Å². The molecule has 4 aromatic carbocycles. The third-order valence-electron chi connectivity index (χ3n) is 7.78. The first kappa shape index (κ1) is 30.4. The van der Waals surface area contributed by atoms with Gasteiger partial charge in [-0.25, -0.2) is 0 Å². The fourth-order valence-corrected chi connectivity index (χ4v) is 7.09. The quantitative estimate of drug-likeness (QED) is 0.133. The van der Waals surface area contributed by atoms with Gasteiger partial charge in [0.15, 0.2) is 0 Å². The molecule has 2 unspecified atom stereocenters. The molecule has 226 valence electrons. The van der Waals surface area contributed by atoms with Gasteiger partial charge in [-0.3, -0.25) is 9.59 Å². The van der Waals surface area contributed by atoms with E-state index in [1.54, 1.807) is 33.9 Å². The summed E-state index contributed by atoms with van der Waals surface area (Å²) in [6, 6.07) is 15.3. The number of hydrogen-bond donors (Lipinski definition) is 1. The minimum absolute atomic E-state index is 0.0275. The molecule has 0 spiro atoms. The summed E-state index contributed by atoms with van der Waals surface area (Å²) in [6.45, 7) is 5.31. The molecule has 0 aliphatic heterocycles. The van der Waals surface area contributed by atoms with Gasteiger partial charge in [-0.1, -0.05) is 30.3 Å². The molecule has 0 aromatic heterocycles. The molecular weight excluding hydrogens is 568 g/mol. The van der Waals surface area contributed by atoms with E-state index >= 15 is 0 Å². The number of ether oxygens (including phenoxy) is 5. The van der Waals surface area contributed by atoms with Crippen molar-refractivity contribution in [2.45, 2.75) is 43.8 Å². The lowest BCUT2D eigenvalue weighted by atomic mass is 9.80. The van der Waals surface area contributed by atoms with E-state index in [4.69, 9.17) is 23.7 Å². The molecule has 1 aliphatic rings. The van der Waals surface area contributed by atoms with Crippen LogP contribution in [0, 0.1) is 11.3 Å². The maximum Gasteiger partial charge on any atom is 0.316 e. The van der Waals surface area contributed by atoms with Gasteiger partial charge in [-0.05, 0) is 51.8 Å². The lowest BCUT2D eigenvalue weighted by Crippen LogP contribution is -2.29. The fourth-order valence-electron chi connectivity index (χ4n) is 5.75. The number of thioether (sulfide) groups is 1. The first-order valence-electron chi connectivity index (χ1n) is 14.0. The second-order valence-electron chi connectivity index (χ2n) is 11.5. The van der Waals surface area contributed by atoms with Gasteiger partial charge in [0.05, 0.1) is 55.9 Å². The lowest BCUT2D eigenvalue weighted by Gasteiger charge is -2.33. The Balaban J connectivity index is 1.96. The molecule has 9 heteroatoms. The highest BCUT2D eigenvalue weighted by molar-refractivity contribution is 7.99. The molecule has 0 radical (unpaired) electrons. The van der Waals surface area contributed by atoms with Crippen molar-refractivity contribution in [2.75, 3.05) is 28.4 Å². The minimum atomic E-state index is -0.844. The normalized spacial score (nSPS) is 16.4. The van der Waals surface area contributed by atoms with Crippen LogP contribution in [0.4, 0.5) is 0 Å². The van der Waals surface area contributed by atoms with E-state index in [0.717, 1.165) is 4.90 Å². The molecule has 1 aliphatic carbocycles. The van der Waals surface area contributed by atoms with Gasteiger partial charge in [0.25, 0.3) is 0 Å². The number of phenolic OH excluding ortho intramolecular Hbond substituents is 1. The van der Waals surface area contributed by atoms with Crippen molar-refractivity contribution in [3.8, 4) is 28.7 Å². The van der Waals surface area contributed by atoms with Gasteiger partial charge < -0.3 is 28.8 Å². The molecule has 2 atom stereocenters. The zero-order chi connectivity index (χ0) is 31.1. The predicted octanol–water partition coefficient (Wildman–Crippen LogP) is 7.24. The van der Waals surface area contributed by atoms with Crippen molar-refractivity contribution in [1.29, 1.82) is 0 Å². The largest absolute Gasteiger partial charge is 0.507 e. The Morgan fingerprint density at radius 2 is 1.53 bits per heavy atom. The monoisotopic (exact) mass is 604 g/mol. The molecule has 8 nitrogen and oxygen atoms in total. The van der Waals surface area contributed by atoms with Crippen LogP contribution in [0.5, 0.6) is 28.7 Å².